The van der Waals surface area contributed by atoms with Gasteiger partial charge in [0.15, 0.2) is 0 Å². The molecule has 2 amide bonds. The molecule has 1 aliphatic rings. The van der Waals surface area contributed by atoms with Crippen LogP contribution in [-0.2, 0) is 14.8 Å². The summed E-state index contributed by atoms with van der Waals surface area (Å²) >= 11 is 0. The fourth-order valence-electron chi connectivity index (χ4n) is 2.98. The normalized spacial score (nSPS) is 14.8. The number of hydrogen-bond donors (Lipinski definition) is 1. The van der Waals surface area contributed by atoms with Crippen LogP contribution in [0.1, 0.15) is 37.0 Å². The highest BCUT2D eigenvalue weighted by atomic mass is 32.2. The Bertz CT molecular complexity index is 1000. The maximum Gasteiger partial charge on any atom is 0.269 e. The minimum absolute atomic E-state index is 0.0198. The van der Waals surface area contributed by atoms with Gasteiger partial charge in [-0.25, -0.2) is 12.7 Å². The standard InChI is InChI=1S/C20H22N2O5S/c1-14(2)27-16-8-5-7-15(13-16)21-19(23)11-6-12-22-20(24)17-9-3-4-10-18(17)28(22,25)26/h3-5,7-10,13-14H,6,11-12H2,1-2H3,(H,21,23). The Morgan fingerprint density at radius 2 is 1.89 bits per heavy atom. The summed E-state index contributed by atoms with van der Waals surface area (Å²) in [5, 5.41) is 2.76. The summed E-state index contributed by atoms with van der Waals surface area (Å²) in [6.07, 6.45) is 0.341. The molecule has 0 bridgehead atoms. The molecule has 148 valence electrons. The van der Waals surface area contributed by atoms with Crippen LogP contribution in [0.3, 0.4) is 0 Å². The number of carbonyl (C=O) groups excluding carboxylic acids is 2. The van der Waals surface area contributed by atoms with Gasteiger partial charge >= 0.3 is 0 Å². The van der Waals surface area contributed by atoms with Gasteiger partial charge < -0.3 is 10.1 Å². The van der Waals surface area contributed by atoms with Crippen molar-refractivity contribution in [3.8, 4) is 5.75 Å². The minimum atomic E-state index is -3.83. The third kappa shape index (κ3) is 4.17. The Hall–Kier alpha value is -2.87. The van der Waals surface area contributed by atoms with Gasteiger partial charge in [0.05, 0.1) is 11.7 Å². The lowest BCUT2D eigenvalue weighted by Gasteiger charge is -2.15. The fourth-order valence-corrected chi connectivity index (χ4v) is 4.59. The zero-order valence-corrected chi connectivity index (χ0v) is 16.5. The summed E-state index contributed by atoms with van der Waals surface area (Å²) in [5.74, 6) is -0.155. The van der Waals surface area contributed by atoms with Crippen molar-refractivity contribution in [2.75, 3.05) is 11.9 Å². The van der Waals surface area contributed by atoms with Crippen molar-refractivity contribution in [1.82, 2.24) is 4.31 Å². The van der Waals surface area contributed by atoms with E-state index in [1.807, 2.05) is 13.8 Å². The van der Waals surface area contributed by atoms with E-state index in [0.717, 1.165) is 4.31 Å². The molecule has 2 aromatic rings. The highest BCUT2D eigenvalue weighted by Crippen LogP contribution is 2.30. The van der Waals surface area contributed by atoms with Crippen molar-refractivity contribution in [1.29, 1.82) is 0 Å². The van der Waals surface area contributed by atoms with Crippen molar-refractivity contribution >= 4 is 27.5 Å². The van der Waals surface area contributed by atoms with Crippen LogP contribution in [0.5, 0.6) is 5.75 Å². The van der Waals surface area contributed by atoms with Crippen LogP contribution in [-0.4, -0.2) is 37.2 Å². The molecule has 0 unspecified atom stereocenters. The number of nitrogens with one attached hydrogen (secondary N) is 1. The molecule has 1 aliphatic heterocycles. The number of hydrogen-bond acceptors (Lipinski definition) is 5. The fraction of sp³-hybridized carbons (Fsp3) is 0.300. The molecule has 1 N–H and O–H groups in total. The summed E-state index contributed by atoms with van der Waals surface area (Å²) in [6, 6.07) is 13.2. The lowest BCUT2D eigenvalue weighted by molar-refractivity contribution is -0.116. The summed E-state index contributed by atoms with van der Waals surface area (Å²) in [4.78, 5) is 24.5. The third-order valence-corrected chi connectivity index (χ3v) is 6.01. The van der Waals surface area contributed by atoms with Gasteiger partial charge in [0.25, 0.3) is 15.9 Å². The first-order chi connectivity index (χ1) is 13.3. The number of nitrogens with zero attached hydrogens (tertiary/aromatic N) is 1. The Kier molecular flexibility index (Phi) is 5.69. The summed E-state index contributed by atoms with van der Waals surface area (Å²) in [7, 11) is -3.83. The molecule has 3 rings (SSSR count). The highest BCUT2D eigenvalue weighted by Gasteiger charge is 2.40. The second-order valence-electron chi connectivity index (χ2n) is 6.72. The van der Waals surface area contributed by atoms with Crippen molar-refractivity contribution in [3.05, 3.63) is 54.1 Å². The van der Waals surface area contributed by atoms with Crippen LogP contribution >= 0.6 is 0 Å². The molecule has 0 atom stereocenters. The first-order valence-electron chi connectivity index (χ1n) is 9.01. The lowest BCUT2D eigenvalue weighted by Crippen LogP contribution is -2.31. The van der Waals surface area contributed by atoms with E-state index in [-0.39, 0.29) is 41.9 Å². The molecule has 0 saturated heterocycles. The maximum atomic E-state index is 12.5. The summed E-state index contributed by atoms with van der Waals surface area (Å²) < 4.78 is 31.4. The van der Waals surface area contributed by atoms with Crippen LogP contribution in [0.4, 0.5) is 5.69 Å². The smallest absolute Gasteiger partial charge is 0.269 e. The predicted octanol–water partition coefficient (Wildman–Crippen LogP) is 3.04. The van der Waals surface area contributed by atoms with Crippen molar-refractivity contribution in [2.45, 2.75) is 37.7 Å². The lowest BCUT2D eigenvalue weighted by atomic mass is 10.2. The van der Waals surface area contributed by atoms with Gasteiger partial charge in [-0.3, -0.25) is 9.59 Å². The van der Waals surface area contributed by atoms with Gasteiger partial charge in [0.2, 0.25) is 5.91 Å². The van der Waals surface area contributed by atoms with Crippen molar-refractivity contribution in [2.24, 2.45) is 0 Å². The molecule has 8 heteroatoms. The van der Waals surface area contributed by atoms with Crippen LogP contribution in [0, 0.1) is 0 Å². The van der Waals surface area contributed by atoms with Gasteiger partial charge in [-0.1, -0.05) is 18.2 Å². The Morgan fingerprint density at radius 1 is 1.14 bits per heavy atom. The summed E-state index contributed by atoms with van der Waals surface area (Å²) in [5.41, 5.74) is 0.773. The molecule has 0 aromatic heterocycles. The molecule has 0 radical (unpaired) electrons. The van der Waals surface area contributed by atoms with Gasteiger partial charge in [-0.2, -0.15) is 0 Å². The molecule has 0 fully saturated rings. The van der Waals surface area contributed by atoms with E-state index in [9.17, 15) is 18.0 Å². The molecule has 0 aliphatic carbocycles. The van der Waals surface area contributed by atoms with E-state index in [1.54, 1.807) is 36.4 Å². The molecule has 0 spiro atoms. The third-order valence-electron chi connectivity index (χ3n) is 4.17. The first-order valence-corrected chi connectivity index (χ1v) is 10.5. The summed E-state index contributed by atoms with van der Waals surface area (Å²) in [6.45, 7) is 3.79. The average molecular weight is 402 g/mol. The van der Waals surface area contributed by atoms with E-state index >= 15 is 0 Å². The van der Waals surface area contributed by atoms with Crippen molar-refractivity contribution in [3.63, 3.8) is 0 Å². The number of anilines is 1. The minimum Gasteiger partial charge on any atom is -0.491 e. The van der Waals surface area contributed by atoms with Gasteiger partial charge in [-0.05, 0) is 44.5 Å². The quantitative estimate of drug-likeness (QED) is 0.768. The maximum absolute atomic E-state index is 12.5. The SMILES string of the molecule is CC(C)Oc1cccc(NC(=O)CCCN2C(=O)c3ccccc3S2(=O)=O)c1. The molecule has 7 nitrogen and oxygen atoms in total. The van der Waals surface area contributed by atoms with E-state index in [0.29, 0.717) is 11.4 Å². The number of benzene rings is 2. The zero-order chi connectivity index (χ0) is 20.3. The molecule has 28 heavy (non-hydrogen) atoms. The van der Waals surface area contributed by atoms with E-state index in [1.165, 1.54) is 12.1 Å². The van der Waals surface area contributed by atoms with Gasteiger partial charge in [-0.15, -0.1) is 0 Å². The number of fused-ring (bicyclic) bond motifs is 1. The molecular weight excluding hydrogens is 380 g/mol. The van der Waals surface area contributed by atoms with E-state index in [4.69, 9.17) is 4.74 Å². The number of sulfonamides is 1. The number of ether oxygens (including phenoxy) is 1. The molecular formula is C20H22N2O5S. The largest absolute Gasteiger partial charge is 0.491 e. The Morgan fingerprint density at radius 3 is 2.61 bits per heavy atom. The van der Waals surface area contributed by atoms with Crippen molar-refractivity contribution < 1.29 is 22.7 Å². The molecule has 2 aromatic carbocycles. The second kappa shape index (κ2) is 8.02. The monoisotopic (exact) mass is 402 g/mol. The topological polar surface area (TPSA) is 92.8 Å². The first kappa shape index (κ1) is 19.9. The number of rotatable bonds is 7. The Labute approximate surface area is 164 Å². The highest BCUT2D eigenvalue weighted by molar-refractivity contribution is 7.90. The molecule has 1 heterocycles. The van der Waals surface area contributed by atoms with Gasteiger partial charge in [0, 0.05) is 24.7 Å². The average Bonchev–Trinajstić information content (AvgIpc) is 2.82. The number of carbonyl (C=O) groups is 2. The van der Waals surface area contributed by atoms with E-state index in [2.05, 4.69) is 5.32 Å². The molecule has 0 saturated carbocycles. The Balaban J connectivity index is 1.56. The van der Waals surface area contributed by atoms with E-state index < -0.39 is 15.9 Å². The van der Waals surface area contributed by atoms with Crippen LogP contribution < -0.4 is 10.1 Å². The van der Waals surface area contributed by atoms with Gasteiger partial charge in [0.1, 0.15) is 10.6 Å². The zero-order valence-electron chi connectivity index (χ0n) is 15.7. The van der Waals surface area contributed by atoms with Crippen LogP contribution in [0.25, 0.3) is 0 Å². The van der Waals surface area contributed by atoms with Crippen LogP contribution in [0.2, 0.25) is 0 Å². The predicted molar refractivity (Wildman–Crippen MR) is 105 cm³/mol. The second-order valence-corrected chi connectivity index (χ2v) is 8.56. The number of amides is 2. The van der Waals surface area contributed by atoms with Crippen LogP contribution in [0.15, 0.2) is 53.4 Å².